The number of ether oxygens (including phenoxy) is 3. The molecule has 6 rings (SSSR count). The Morgan fingerprint density at radius 3 is 2.83 bits per heavy atom. The van der Waals surface area contributed by atoms with Crippen LogP contribution >= 0.6 is 11.3 Å². The predicted octanol–water partition coefficient (Wildman–Crippen LogP) is 6.43. The van der Waals surface area contributed by atoms with E-state index in [1.54, 1.807) is 17.4 Å². The Bertz CT molecular complexity index is 1780. The molecule has 2 amide bonds. The molecular formula is C36H44FN5O5S. The third-order valence-electron chi connectivity index (χ3n) is 8.63. The van der Waals surface area contributed by atoms with E-state index < -0.39 is 11.9 Å². The number of fused-ring (bicyclic) bond motifs is 2. The highest BCUT2D eigenvalue weighted by atomic mass is 32.1. The lowest BCUT2D eigenvalue weighted by atomic mass is 9.96. The Morgan fingerprint density at radius 1 is 1.06 bits per heavy atom. The van der Waals surface area contributed by atoms with Gasteiger partial charge in [0, 0.05) is 51.0 Å². The average Bonchev–Trinajstić information content (AvgIpc) is 3.49. The molecule has 1 aliphatic carbocycles. The minimum absolute atomic E-state index is 0. The fourth-order valence-corrected chi connectivity index (χ4v) is 7.14. The van der Waals surface area contributed by atoms with Crippen molar-refractivity contribution in [2.45, 2.75) is 57.2 Å². The van der Waals surface area contributed by atoms with Crippen LogP contribution in [0.15, 0.2) is 60.5 Å². The Hall–Kier alpha value is -4.39. The first-order chi connectivity index (χ1) is 23.5. The number of nitrogens with one attached hydrogen (secondary N) is 3. The predicted molar refractivity (Wildman–Crippen MR) is 188 cm³/mol. The van der Waals surface area contributed by atoms with Gasteiger partial charge in [-0.3, -0.25) is 4.79 Å². The second kappa shape index (κ2) is 16.1. The van der Waals surface area contributed by atoms with E-state index in [-0.39, 0.29) is 47.3 Å². The van der Waals surface area contributed by atoms with Gasteiger partial charge < -0.3 is 30.2 Å². The fraction of sp³-hybridized carbons (Fsp3) is 0.389. The Morgan fingerprint density at radius 2 is 1.94 bits per heavy atom. The summed E-state index contributed by atoms with van der Waals surface area (Å²) in [7, 11) is 0. The Balaban J connectivity index is 0.00000281. The molecule has 256 valence electrons. The van der Waals surface area contributed by atoms with E-state index in [0.29, 0.717) is 23.4 Å². The van der Waals surface area contributed by atoms with Crippen molar-refractivity contribution in [2.75, 3.05) is 32.9 Å². The standard InChI is InChI=1S/C36H40FN5O5S.2H2/c1-2-32(43)40-27-5-3-4-6-28(21-27)47-36(44)39-14-15-45-16-17-46-31-20-26(37)9-10-29(31)34-35-30(12-18-48-35)33(41-42-34)24-7-8-25-22-38-13-11-23(25)19-24;;/h2,7-10,12,18-20,27-28,38H,1,3-6,11,13-17,21-22H2,(H,39,44)(H,40,43);2*1H/t27-,28+;;/m0../s1. The zero-order chi connectivity index (χ0) is 33.3. The number of amides is 2. The van der Waals surface area contributed by atoms with Crippen molar-refractivity contribution < 1.29 is 31.0 Å². The largest absolute Gasteiger partial charge is 0.490 e. The highest BCUT2D eigenvalue weighted by molar-refractivity contribution is 7.17. The van der Waals surface area contributed by atoms with E-state index in [1.807, 2.05) is 11.4 Å². The van der Waals surface area contributed by atoms with Crippen molar-refractivity contribution in [2.24, 2.45) is 0 Å². The third-order valence-corrected chi connectivity index (χ3v) is 9.55. The van der Waals surface area contributed by atoms with Crippen LogP contribution in [0.2, 0.25) is 0 Å². The normalized spacial score (nSPS) is 17.6. The molecule has 3 N–H and O–H groups in total. The van der Waals surface area contributed by atoms with Gasteiger partial charge in [0.25, 0.3) is 0 Å². The minimum Gasteiger partial charge on any atom is -0.490 e. The molecule has 2 atom stereocenters. The summed E-state index contributed by atoms with van der Waals surface area (Å²) < 4.78 is 32.5. The zero-order valence-electron chi connectivity index (χ0n) is 26.8. The van der Waals surface area contributed by atoms with Gasteiger partial charge in [-0.1, -0.05) is 25.1 Å². The summed E-state index contributed by atoms with van der Waals surface area (Å²) in [6, 6.07) is 12.9. The molecule has 48 heavy (non-hydrogen) atoms. The van der Waals surface area contributed by atoms with E-state index in [0.717, 1.165) is 66.5 Å². The molecule has 0 spiro atoms. The lowest BCUT2D eigenvalue weighted by Crippen LogP contribution is -2.38. The van der Waals surface area contributed by atoms with Crippen LogP contribution in [0.4, 0.5) is 9.18 Å². The molecule has 0 radical (unpaired) electrons. The summed E-state index contributed by atoms with van der Waals surface area (Å²) >= 11 is 1.56. The topological polar surface area (TPSA) is 124 Å². The number of thiophene rings is 1. The zero-order valence-corrected chi connectivity index (χ0v) is 27.6. The van der Waals surface area contributed by atoms with E-state index in [9.17, 15) is 14.0 Å². The van der Waals surface area contributed by atoms with Gasteiger partial charge in [-0.2, -0.15) is 0 Å². The first-order valence-corrected chi connectivity index (χ1v) is 17.3. The maximum absolute atomic E-state index is 14.4. The molecule has 10 nitrogen and oxygen atoms in total. The van der Waals surface area contributed by atoms with Crippen LogP contribution < -0.4 is 20.7 Å². The van der Waals surface area contributed by atoms with Crippen molar-refractivity contribution in [1.82, 2.24) is 26.1 Å². The molecule has 0 bridgehead atoms. The third kappa shape index (κ3) is 8.36. The van der Waals surface area contributed by atoms with Crippen molar-refractivity contribution >= 4 is 33.4 Å². The van der Waals surface area contributed by atoms with Crippen LogP contribution in [-0.4, -0.2) is 67.3 Å². The maximum Gasteiger partial charge on any atom is 0.407 e. The lowest BCUT2D eigenvalue weighted by molar-refractivity contribution is -0.117. The molecule has 12 heteroatoms. The van der Waals surface area contributed by atoms with Gasteiger partial charge in [0.2, 0.25) is 5.91 Å². The van der Waals surface area contributed by atoms with Crippen LogP contribution in [0, 0.1) is 5.82 Å². The summed E-state index contributed by atoms with van der Waals surface area (Å²) in [4.78, 5) is 24.0. The molecule has 1 saturated carbocycles. The van der Waals surface area contributed by atoms with Gasteiger partial charge in [-0.05, 0) is 79.1 Å². The first-order valence-electron chi connectivity index (χ1n) is 16.4. The monoisotopic (exact) mass is 677 g/mol. The second-order valence-corrected chi connectivity index (χ2v) is 12.9. The van der Waals surface area contributed by atoms with Gasteiger partial charge >= 0.3 is 6.09 Å². The highest BCUT2D eigenvalue weighted by Gasteiger charge is 2.24. The summed E-state index contributed by atoms with van der Waals surface area (Å²) in [6.07, 6.45) is 5.50. The minimum atomic E-state index is -0.518. The molecule has 1 aliphatic heterocycles. The highest BCUT2D eigenvalue weighted by Crippen LogP contribution is 2.39. The molecule has 0 unspecified atom stereocenters. The number of aromatic nitrogens is 2. The van der Waals surface area contributed by atoms with Crippen molar-refractivity contribution in [3.63, 3.8) is 0 Å². The van der Waals surface area contributed by atoms with E-state index in [2.05, 4.69) is 50.9 Å². The van der Waals surface area contributed by atoms with Crippen LogP contribution in [0.1, 0.15) is 46.1 Å². The van der Waals surface area contributed by atoms with Gasteiger partial charge in [0.1, 0.15) is 35.7 Å². The molecule has 1 fully saturated rings. The molecule has 4 aromatic rings. The fourth-order valence-electron chi connectivity index (χ4n) is 6.25. The van der Waals surface area contributed by atoms with Gasteiger partial charge in [-0.15, -0.1) is 21.5 Å². The maximum atomic E-state index is 14.4. The van der Waals surface area contributed by atoms with E-state index in [4.69, 9.17) is 14.2 Å². The molecule has 3 heterocycles. The van der Waals surface area contributed by atoms with Gasteiger partial charge in [0.05, 0.1) is 17.9 Å². The first kappa shape index (κ1) is 33.5. The average molecular weight is 678 g/mol. The van der Waals surface area contributed by atoms with Gasteiger partial charge in [0.15, 0.2) is 0 Å². The van der Waals surface area contributed by atoms with Crippen molar-refractivity contribution in [1.29, 1.82) is 0 Å². The number of benzene rings is 2. The quantitative estimate of drug-likeness (QED) is 0.0891. The number of alkyl carbamates (subject to hydrolysis) is 1. The molecule has 2 aromatic heterocycles. The molecule has 2 aromatic carbocycles. The smallest absolute Gasteiger partial charge is 0.407 e. The molecule has 0 saturated heterocycles. The SMILES string of the molecule is C=CC(=O)N[C@H]1CCCC[C@@H](OC(=O)NCCOCCOc2cc(F)ccc2-c2nnc(-c3ccc4c(c3)CCNC4)c3ccsc23)C1.[HH].[HH]. The van der Waals surface area contributed by atoms with E-state index >= 15 is 0 Å². The van der Waals surface area contributed by atoms with Crippen LogP contribution in [0.25, 0.3) is 32.6 Å². The number of carbonyl (C=O) groups excluding carboxylic acids is 2. The van der Waals surface area contributed by atoms with Crippen LogP contribution in [-0.2, 0) is 27.2 Å². The summed E-state index contributed by atoms with van der Waals surface area (Å²) in [5.41, 5.74) is 5.77. The Kier molecular flexibility index (Phi) is 11.3. The number of nitrogens with zero attached hydrogens (tertiary/aromatic N) is 2. The Labute approximate surface area is 286 Å². The summed E-state index contributed by atoms with van der Waals surface area (Å²) in [6.45, 7) is 6.23. The summed E-state index contributed by atoms with van der Waals surface area (Å²) in [5.74, 6) is -0.290. The number of rotatable bonds is 12. The number of hydrogen-bond acceptors (Lipinski definition) is 9. The van der Waals surface area contributed by atoms with E-state index in [1.165, 1.54) is 29.3 Å². The van der Waals surface area contributed by atoms with Crippen LogP contribution in [0.5, 0.6) is 5.75 Å². The van der Waals surface area contributed by atoms with Crippen molar-refractivity contribution in [3.8, 4) is 28.3 Å². The van der Waals surface area contributed by atoms with Crippen LogP contribution in [0.3, 0.4) is 0 Å². The molecule has 2 aliphatic rings. The number of hydrogen-bond donors (Lipinski definition) is 3. The van der Waals surface area contributed by atoms with Crippen molar-refractivity contribution in [3.05, 3.63) is 77.4 Å². The number of halogens is 1. The second-order valence-electron chi connectivity index (χ2n) is 12.0. The molecular weight excluding hydrogens is 633 g/mol. The lowest BCUT2D eigenvalue weighted by Gasteiger charge is -2.21. The number of carbonyl (C=O) groups is 2. The van der Waals surface area contributed by atoms with Gasteiger partial charge in [-0.25, -0.2) is 9.18 Å². The summed E-state index contributed by atoms with van der Waals surface area (Å²) in [5, 5.41) is 21.3.